The summed E-state index contributed by atoms with van der Waals surface area (Å²) in [5, 5.41) is 0.978. The Labute approximate surface area is 206 Å². The fourth-order valence-corrected chi connectivity index (χ4v) is 4.32. The molecule has 2 aromatic carbocycles. The molecule has 4 aromatic rings. The largest absolute Gasteiger partial charge is 0.465 e. The molecule has 4 N–H and O–H groups in total. The molecule has 0 aliphatic heterocycles. The van der Waals surface area contributed by atoms with Gasteiger partial charge in [-0.05, 0) is 35.6 Å². The minimum atomic E-state index is -0.223. The van der Waals surface area contributed by atoms with Crippen LogP contribution in [0.4, 0.5) is 5.82 Å². The van der Waals surface area contributed by atoms with Crippen LogP contribution in [0.5, 0.6) is 0 Å². The smallest absolute Gasteiger partial charge is 0.310 e. The zero-order chi connectivity index (χ0) is 24.8. The summed E-state index contributed by atoms with van der Waals surface area (Å²) in [6.07, 6.45) is 5.08. The number of nitrogens with zero attached hydrogens (tertiary/aromatic N) is 3. The van der Waals surface area contributed by atoms with Crippen molar-refractivity contribution in [2.45, 2.75) is 65.5 Å². The summed E-state index contributed by atoms with van der Waals surface area (Å²) in [7, 11) is 0. The molecule has 0 aliphatic carbocycles. The summed E-state index contributed by atoms with van der Waals surface area (Å²) in [5.41, 5.74) is 17.8. The van der Waals surface area contributed by atoms with E-state index in [2.05, 4.69) is 47.7 Å². The number of esters is 1. The Kier molecular flexibility index (Phi) is 7.98. The van der Waals surface area contributed by atoms with Gasteiger partial charge in [0.25, 0.3) is 0 Å². The zero-order valence-corrected chi connectivity index (χ0v) is 20.7. The maximum Gasteiger partial charge on any atom is 0.310 e. The summed E-state index contributed by atoms with van der Waals surface area (Å²) in [5.74, 6) is 1.19. The molecule has 4 rings (SSSR count). The monoisotopic (exact) mass is 473 g/mol. The third-order valence-electron chi connectivity index (χ3n) is 6.31. The van der Waals surface area contributed by atoms with Gasteiger partial charge in [0.15, 0.2) is 5.82 Å². The number of rotatable bonds is 11. The second kappa shape index (κ2) is 11.3. The number of carbonyl (C=O) groups excluding carboxylic acids is 1. The molecule has 7 heteroatoms. The summed E-state index contributed by atoms with van der Waals surface area (Å²) in [4.78, 5) is 21.8. The van der Waals surface area contributed by atoms with Crippen LogP contribution in [0.2, 0.25) is 0 Å². The van der Waals surface area contributed by atoms with Crippen molar-refractivity contribution in [2.24, 2.45) is 5.73 Å². The van der Waals surface area contributed by atoms with Gasteiger partial charge in [-0.3, -0.25) is 4.79 Å². The molecule has 7 nitrogen and oxygen atoms in total. The molecule has 0 saturated carbocycles. The highest BCUT2D eigenvalue weighted by molar-refractivity contribution is 6.07. The van der Waals surface area contributed by atoms with E-state index in [9.17, 15) is 4.79 Å². The fraction of sp³-hybridized carbons (Fsp3) is 0.393. The standard InChI is InChI=1S/C28H35N5O2/c1-3-5-7-24-32-26-27(33(24)18-20-10-8-19(17-29)9-11-20)22-13-12-21(15-23(22)31-28(26)30)16-25(34)35-14-6-4-2/h8-13,15H,3-7,14,16-18,29H2,1-2H3,(H2,30,31). The van der Waals surface area contributed by atoms with Crippen LogP contribution in [0.25, 0.3) is 21.9 Å². The molecule has 0 radical (unpaired) electrons. The molecule has 0 saturated heterocycles. The SMILES string of the molecule is CCCCOC(=O)Cc1ccc2c(c1)nc(N)c1nc(CCCC)n(Cc3ccc(CN)cc3)c12. The Morgan fingerprint density at radius 1 is 0.971 bits per heavy atom. The summed E-state index contributed by atoms with van der Waals surface area (Å²) in [6.45, 7) is 5.92. The Balaban J connectivity index is 1.75. The second-order valence-electron chi connectivity index (χ2n) is 9.03. The van der Waals surface area contributed by atoms with Crippen LogP contribution in [0.15, 0.2) is 42.5 Å². The van der Waals surface area contributed by atoms with Gasteiger partial charge in [0.05, 0.1) is 24.1 Å². The van der Waals surface area contributed by atoms with Gasteiger partial charge in [-0.2, -0.15) is 0 Å². The van der Waals surface area contributed by atoms with Crippen LogP contribution >= 0.6 is 0 Å². The Morgan fingerprint density at radius 2 is 1.69 bits per heavy atom. The minimum Gasteiger partial charge on any atom is -0.465 e. The van der Waals surface area contributed by atoms with Gasteiger partial charge in [-0.1, -0.05) is 63.1 Å². The maximum absolute atomic E-state index is 12.2. The summed E-state index contributed by atoms with van der Waals surface area (Å²) < 4.78 is 7.59. The number of fused-ring (bicyclic) bond motifs is 3. The van der Waals surface area contributed by atoms with Crippen molar-refractivity contribution < 1.29 is 9.53 Å². The molecule has 2 heterocycles. The van der Waals surface area contributed by atoms with Crippen LogP contribution in [0.3, 0.4) is 0 Å². The van der Waals surface area contributed by atoms with Crippen LogP contribution in [-0.2, 0) is 35.5 Å². The van der Waals surface area contributed by atoms with Crippen LogP contribution in [0.1, 0.15) is 62.0 Å². The molecule has 35 heavy (non-hydrogen) atoms. The van der Waals surface area contributed by atoms with Gasteiger partial charge in [0.1, 0.15) is 11.3 Å². The lowest BCUT2D eigenvalue weighted by atomic mass is 10.1. The number of hydrogen-bond donors (Lipinski definition) is 2. The number of ether oxygens (including phenoxy) is 1. The van der Waals surface area contributed by atoms with E-state index in [1.165, 1.54) is 5.56 Å². The van der Waals surface area contributed by atoms with E-state index in [0.717, 1.165) is 71.0 Å². The average Bonchev–Trinajstić information content (AvgIpc) is 3.22. The summed E-state index contributed by atoms with van der Waals surface area (Å²) >= 11 is 0. The quantitative estimate of drug-likeness (QED) is 0.237. The highest BCUT2D eigenvalue weighted by atomic mass is 16.5. The first kappa shape index (κ1) is 24.7. The predicted octanol–water partition coefficient (Wildman–Crippen LogP) is 4.90. The molecule has 0 unspecified atom stereocenters. The third kappa shape index (κ3) is 5.62. The highest BCUT2D eigenvalue weighted by Crippen LogP contribution is 2.31. The molecule has 0 spiro atoms. The molecule has 184 valence electrons. The van der Waals surface area contributed by atoms with Gasteiger partial charge in [0.2, 0.25) is 0 Å². The Hall–Kier alpha value is -3.45. The van der Waals surface area contributed by atoms with Gasteiger partial charge >= 0.3 is 5.97 Å². The van der Waals surface area contributed by atoms with E-state index in [1.807, 2.05) is 18.2 Å². The first-order valence-corrected chi connectivity index (χ1v) is 12.5. The molecule has 0 atom stereocenters. The number of carbonyl (C=O) groups is 1. The van der Waals surface area contributed by atoms with Crippen LogP contribution in [-0.4, -0.2) is 27.1 Å². The van der Waals surface area contributed by atoms with Gasteiger partial charge < -0.3 is 20.8 Å². The lowest BCUT2D eigenvalue weighted by molar-refractivity contribution is -0.142. The van der Waals surface area contributed by atoms with Gasteiger partial charge in [-0.15, -0.1) is 0 Å². The lowest BCUT2D eigenvalue weighted by Gasteiger charge is -2.12. The first-order chi connectivity index (χ1) is 17.0. The van der Waals surface area contributed by atoms with E-state index < -0.39 is 0 Å². The normalized spacial score (nSPS) is 11.4. The molecule has 0 bridgehead atoms. The van der Waals surface area contributed by atoms with Crippen molar-refractivity contribution in [2.75, 3.05) is 12.3 Å². The number of aryl methyl sites for hydroxylation is 1. The molecular weight excluding hydrogens is 438 g/mol. The number of anilines is 1. The zero-order valence-electron chi connectivity index (χ0n) is 20.7. The molecule has 0 aliphatic rings. The number of hydrogen-bond acceptors (Lipinski definition) is 6. The third-order valence-corrected chi connectivity index (χ3v) is 6.31. The number of nitrogens with two attached hydrogens (primary N) is 2. The Bertz CT molecular complexity index is 1310. The number of aromatic nitrogens is 3. The number of imidazole rings is 1. The topological polar surface area (TPSA) is 109 Å². The van der Waals surface area contributed by atoms with Gasteiger partial charge in [-0.25, -0.2) is 9.97 Å². The van der Waals surface area contributed by atoms with Crippen molar-refractivity contribution in [3.8, 4) is 0 Å². The molecular formula is C28H35N5O2. The van der Waals surface area contributed by atoms with Crippen LogP contribution < -0.4 is 11.5 Å². The number of benzene rings is 2. The highest BCUT2D eigenvalue weighted by Gasteiger charge is 2.18. The van der Waals surface area contributed by atoms with Crippen molar-refractivity contribution in [3.05, 3.63) is 65.0 Å². The fourth-order valence-electron chi connectivity index (χ4n) is 4.32. The average molecular weight is 474 g/mol. The van der Waals surface area contributed by atoms with Gasteiger partial charge in [0, 0.05) is 24.9 Å². The van der Waals surface area contributed by atoms with E-state index in [4.69, 9.17) is 21.2 Å². The van der Waals surface area contributed by atoms with Crippen molar-refractivity contribution >= 4 is 33.7 Å². The number of unbranched alkanes of at least 4 members (excludes halogenated alkanes) is 2. The first-order valence-electron chi connectivity index (χ1n) is 12.5. The number of nitrogen functional groups attached to an aromatic ring is 1. The Morgan fingerprint density at radius 3 is 2.40 bits per heavy atom. The van der Waals surface area contributed by atoms with Crippen molar-refractivity contribution in [1.82, 2.24) is 14.5 Å². The van der Waals surface area contributed by atoms with Crippen molar-refractivity contribution in [3.63, 3.8) is 0 Å². The molecule has 0 amide bonds. The summed E-state index contributed by atoms with van der Waals surface area (Å²) in [6, 6.07) is 14.3. The van der Waals surface area contributed by atoms with Crippen LogP contribution in [0, 0.1) is 0 Å². The minimum absolute atomic E-state index is 0.216. The van der Waals surface area contributed by atoms with E-state index in [1.54, 1.807) is 0 Å². The molecule has 0 fully saturated rings. The van der Waals surface area contributed by atoms with E-state index in [0.29, 0.717) is 25.5 Å². The van der Waals surface area contributed by atoms with Crippen molar-refractivity contribution in [1.29, 1.82) is 0 Å². The lowest BCUT2D eigenvalue weighted by Crippen LogP contribution is -2.09. The predicted molar refractivity (Wildman–Crippen MR) is 141 cm³/mol. The van der Waals surface area contributed by atoms with E-state index in [-0.39, 0.29) is 12.4 Å². The second-order valence-corrected chi connectivity index (χ2v) is 9.03. The number of pyridine rings is 1. The maximum atomic E-state index is 12.2. The van der Waals surface area contributed by atoms with E-state index >= 15 is 0 Å². The molecule has 2 aromatic heterocycles.